The van der Waals surface area contributed by atoms with Gasteiger partial charge in [-0.05, 0) is 36.5 Å². The van der Waals surface area contributed by atoms with E-state index in [0.717, 1.165) is 24.9 Å². The fourth-order valence-corrected chi connectivity index (χ4v) is 2.88. The van der Waals surface area contributed by atoms with E-state index in [2.05, 4.69) is 0 Å². The Bertz CT molecular complexity index is 505. The van der Waals surface area contributed by atoms with Crippen LogP contribution in [0.25, 0.3) is 0 Å². The highest BCUT2D eigenvalue weighted by Gasteiger charge is 2.33. The summed E-state index contributed by atoms with van der Waals surface area (Å²) in [5.74, 6) is 0.158. The molecule has 1 amide bonds. The molecule has 110 valence electrons. The number of nitrogens with two attached hydrogens (primary N) is 1. The van der Waals surface area contributed by atoms with Crippen LogP contribution in [-0.4, -0.2) is 23.4 Å². The summed E-state index contributed by atoms with van der Waals surface area (Å²) in [5, 5.41) is 1.06. The zero-order valence-electron chi connectivity index (χ0n) is 11.8. The summed E-state index contributed by atoms with van der Waals surface area (Å²) in [5.41, 5.74) is 7.02. The average molecular weight is 315 g/mol. The van der Waals surface area contributed by atoms with E-state index in [9.17, 15) is 4.79 Å². The maximum absolute atomic E-state index is 12.5. The number of nitrogens with zero attached hydrogens (tertiary/aromatic N) is 1. The van der Waals surface area contributed by atoms with Crippen molar-refractivity contribution in [2.45, 2.75) is 38.8 Å². The molecule has 2 N–H and O–H groups in total. The summed E-state index contributed by atoms with van der Waals surface area (Å²) in [6, 6.07) is 5.18. The van der Waals surface area contributed by atoms with Crippen LogP contribution in [0.1, 0.15) is 38.3 Å². The second-order valence-corrected chi connectivity index (χ2v) is 6.45. The number of hydrogen-bond acceptors (Lipinski definition) is 2. The van der Waals surface area contributed by atoms with Crippen molar-refractivity contribution in [3.8, 4) is 0 Å². The first-order valence-electron chi connectivity index (χ1n) is 6.93. The molecule has 0 aromatic heterocycles. The van der Waals surface area contributed by atoms with E-state index in [-0.39, 0.29) is 17.9 Å². The Kier molecular flexibility index (Phi) is 4.95. The van der Waals surface area contributed by atoms with Gasteiger partial charge in [0.15, 0.2) is 0 Å². The smallest absolute Gasteiger partial charge is 0.240 e. The summed E-state index contributed by atoms with van der Waals surface area (Å²) in [4.78, 5) is 14.3. The summed E-state index contributed by atoms with van der Waals surface area (Å²) in [7, 11) is 0. The molecule has 0 aliphatic carbocycles. The number of benzene rings is 1. The number of amides is 1. The Morgan fingerprint density at radius 3 is 2.65 bits per heavy atom. The minimum atomic E-state index is -0.446. The van der Waals surface area contributed by atoms with Crippen molar-refractivity contribution < 1.29 is 4.79 Å². The first kappa shape index (κ1) is 15.6. The van der Waals surface area contributed by atoms with E-state index in [1.165, 1.54) is 0 Å². The van der Waals surface area contributed by atoms with Crippen LogP contribution < -0.4 is 5.73 Å². The van der Waals surface area contributed by atoms with Gasteiger partial charge < -0.3 is 10.6 Å². The highest BCUT2D eigenvalue weighted by atomic mass is 35.5. The van der Waals surface area contributed by atoms with Gasteiger partial charge in [-0.1, -0.05) is 43.1 Å². The van der Waals surface area contributed by atoms with Gasteiger partial charge in [0.1, 0.15) is 0 Å². The monoisotopic (exact) mass is 314 g/mol. The topological polar surface area (TPSA) is 46.3 Å². The van der Waals surface area contributed by atoms with E-state index in [1.807, 2.05) is 30.9 Å². The molecule has 2 rings (SSSR count). The number of halogens is 2. The summed E-state index contributed by atoms with van der Waals surface area (Å²) in [6.45, 7) is 4.68. The van der Waals surface area contributed by atoms with Crippen LogP contribution in [0.2, 0.25) is 10.0 Å². The van der Waals surface area contributed by atoms with Crippen LogP contribution in [0.3, 0.4) is 0 Å². The Morgan fingerprint density at radius 1 is 1.35 bits per heavy atom. The highest BCUT2D eigenvalue weighted by Crippen LogP contribution is 2.35. The van der Waals surface area contributed by atoms with Gasteiger partial charge in [0.25, 0.3) is 0 Å². The molecule has 2 atom stereocenters. The van der Waals surface area contributed by atoms with Crippen LogP contribution in [0.4, 0.5) is 0 Å². The minimum Gasteiger partial charge on any atom is -0.334 e. The molecule has 0 spiro atoms. The van der Waals surface area contributed by atoms with Crippen LogP contribution in [0.5, 0.6) is 0 Å². The lowest BCUT2D eigenvalue weighted by Crippen LogP contribution is -2.46. The Balaban J connectivity index is 2.22. The van der Waals surface area contributed by atoms with Crippen molar-refractivity contribution in [1.29, 1.82) is 0 Å². The number of rotatable bonds is 3. The third kappa shape index (κ3) is 3.11. The van der Waals surface area contributed by atoms with Gasteiger partial charge in [0, 0.05) is 6.54 Å². The standard InChI is InChI=1S/C15H20Cl2N2O/c1-9(2)14(18)15(20)19-7-3-4-13(19)10-5-6-11(16)12(17)8-10/h5-6,8-9,13-14H,3-4,7,18H2,1-2H3/t13?,14-/m0/s1. The zero-order chi connectivity index (χ0) is 14.9. The Hall–Kier alpha value is -0.770. The van der Waals surface area contributed by atoms with E-state index < -0.39 is 6.04 Å². The summed E-state index contributed by atoms with van der Waals surface area (Å²) in [6.07, 6.45) is 1.93. The van der Waals surface area contributed by atoms with Gasteiger partial charge in [-0.2, -0.15) is 0 Å². The molecule has 0 saturated carbocycles. The second kappa shape index (κ2) is 6.33. The van der Waals surface area contributed by atoms with Gasteiger partial charge in [0.05, 0.1) is 22.1 Å². The van der Waals surface area contributed by atoms with E-state index in [4.69, 9.17) is 28.9 Å². The first-order chi connectivity index (χ1) is 9.41. The Labute approximate surface area is 130 Å². The van der Waals surface area contributed by atoms with Crippen LogP contribution in [0, 0.1) is 5.92 Å². The maximum Gasteiger partial charge on any atom is 0.240 e. The van der Waals surface area contributed by atoms with Gasteiger partial charge in [0.2, 0.25) is 5.91 Å². The third-order valence-corrected chi connectivity index (χ3v) is 4.61. The summed E-state index contributed by atoms with van der Waals surface area (Å²) < 4.78 is 0. The van der Waals surface area contributed by atoms with Crippen molar-refractivity contribution >= 4 is 29.1 Å². The predicted octanol–water partition coefficient (Wildman–Crippen LogP) is 3.64. The second-order valence-electron chi connectivity index (χ2n) is 5.63. The van der Waals surface area contributed by atoms with Crippen LogP contribution in [0.15, 0.2) is 18.2 Å². The fourth-order valence-electron chi connectivity index (χ4n) is 2.57. The van der Waals surface area contributed by atoms with Gasteiger partial charge >= 0.3 is 0 Å². The molecule has 1 saturated heterocycles. The van der Waals surface area contributed by atoms with E-state index >= 15 is 0 Å². The maximum atomic E-state index is 12.5. The van der Waals surface area contributed by atoms with Crippen molar-refractivity contribution in [3.63, 3.8) is 0 Å². The third-order valence-electron chi connectivity index (χ3n) is 3.87. The molecule has 1 fully saturated rings. The van der Waals surface area contributed by atoms with Gasteiger partial charge in [-0.3, -0.25) is 4.79 Å². The number of hydrogen-bond donors (Lipinski definition) is 1. The number of carbonyl (C=O) groups excluding carboxylic acids is 1. The molecule has 0 radical (unpaired) electrons. The lowest BCUT2D eigenvalue weighted by molar-refractivity contribution is -0.134. The lowest BCUT2D eigenvalue weighted by Gasteiger charge is -2.29. The molecule has 1 aliphatic rings. The number of carbonyl (C=O) groups is 1. The quantitative estimate of drug-likeness (QED) is 0.925. The molecule has 3 nitrogen and oxygen atoms in total. The fraction of sp³-hybridized carbons (Fsp3) is 0.533. The lowest BCUT2D eigenvalue weighted by atomic mass is 10.0. The molecule has 1 aromatic carbocycles. The van der Waals surface area contributed by atoms with Crippen molar-refractivity contribution in [2.24, 2.45) is 11.7 Å². The number of likely N-dealkylation sites (tertiary alicyclic amines) is 1. The van der Waals surface area contributed by atoms with Crippen molar-refractivity contribution in [3.05, 3.63) is 33.8 Å². The van der Waals surface area contributed by atoms with E-state index in [1.54, 1.807) is 6.07 Å². The SMILES string of the molecule is CC(C)[C@H](N)C(=O)N1CCCC1c1ccc(Cl)c(Cl)c1. The van der Waals surface area contributed by atoms with Gasteiger partial charge in [-0.25, -0.2) is 0 Å². The molecule has 20 heavy (non-hydrogen) atoms. The van der Waals surface area contributed by atoms with Gasteiger partial charge in [-0.15, -0.1) is 0 Å². The molecule has 0 bridgehead atoms. The molecular weight excluding hydrogens is 295 g/mol. The van der Waals surface area contributed by atoms with Crippen LogP contribution >= 0.6 is 23.2 Å². The molecule has 1 heterocycles. The molecular formula is C15H20Cl2N2O. The molecule has 5 heteroatoms. The highest BCUT2D eigenvalue weighted by molar-refractivity contribution is 6.42. The van der Waals surface area contributed by atoms with E-state index in [0.29, 0.717) is 10.0 Å². The van der Waals surface area contributed by atoms with Crippen molar-refractivity contribution in [1.82, 2.24) is 4.90 Å². The van der Waals surface area contributed by atoms with Crippen LogP contribution in [-0.2, 0) is 4.79 Å². The first-order valence-corrected chi connectivity index (χ1v) is 7.68. The minimum absolute atomic E-state index is 0.0218. The molecule has 1 unspecified atom stereocenters. The zero-order valence-corrected chi connectivity index (χ0v) is 13.3. The molecule has 1 aromatic rings. The molecule has 1 aliphatic heterocycles. The van der Waals surface area contributed by atoms with Crippen molar-refractivity contribution in [2.75, 3.05) is 6.54 Å². The Morgan fingerprint density at radius 2 is 2.05 bits per heavy atom. The largest absolute Gasteiger partial charge is 0.334 e. The predicted molar refractivity (Wildman–Crippen MR) is 83.0 cm³/mol. The normalized spacial score (nSPS) is 20.5. The summed E-state index contributed by atoms with van der Waals surface area (Å²) >= 11 is 12.0. The average Bonchev–Trinajstić information content (AvgIpc) is 2.89.